The van der Waals surface area contributed by atoms with Gasteiger partial charge in [-0.25, -0.2) is 0 Å². The number of aliphatic hydroxyl groups is 1. The first-order valence-corrected chi connectivity index (χ1v) is 8.01. The molecule has 0 fully saturated rings. The van der Waals surface area contributed by atoms with Crippen LogP contribution in [-0.2, 0) is 4.79 Å². The van der Waals surface area contributed by atoms with Gasteiger partial charge in [-0.05, 0) is 24.6 Å². The van der Waals surface area contributed by atoms with Crippen molar-refractivity contribution in [3.63, 3.8) is 0 Å². The number of likely N-dealkylation sites (N-methyl/N-ethyl adjacent to an activating group) is 1. The predicted molar refractivity (Wildman–Crippen MR) is 96.6 cm³/mol. The number of hydrogen-bond acceptors (Lipinski definition) is 3. The van der Waals surface area contributed by atoms with Crippen molar-refractivity contribution >= 4 is 17.6 Å². The summed E-state index contributed by atoms with van der Waals surface area (Å²) in [6.45, 7) is 2.69. The summed E-state index contributed by atoms with van der Waals surface area (Å²) >= 11 is 0. The third kappa shape index (κ3) is 4.24. The lowest BCUT2D eigenvalue weighted by molar-refractivity contribution is -0.125. The molecule has 0 aliphatic carbocycles. The summed E-state index contributed by atoms with van der Waals surface area (Å²) in [6, 6.07) is 17.1. The summed E-state index contributed by atoms with van der Waals surface area (Å²) in [5, 5.41) is 9.21. The van der Waals surface area contributed by atoms with E-state index in [0.29, 0.717) is 24.4 Å². The Kier molecular flexibility index (Phi) is 6.58. The van der Waals surface area contributed by atoms with Crippen LogP contribution in [0.3, 0.4) is 0 Å². The molecular formula is C20H23NO3. The number of hydrogen-bond donors (Lipinski definition) is 1. The third-order valence-corrected chi connectivity index (χ3v) is 3.79. The second kappa shape index (κ2) is 8.89. The lowest BCUT2D eigenvalue weighted by atomic mass is 10.0. The lowest BCUT2D eigenvalue weighted by Crippen LogP contribution is -2.33. The molecule has 0 aliphatic heterocycles. The minimum absolute atomic E-state index is 0.0592. The minimum atomic E-state index is -0.108. The van der Waals surface area contributed by atoms with E-state index in [1.165, 1.54) is 0 Å². The molecule has 1 N–H and O–H groups in total. The van der Waals surface area contributed by atoms with E-state index < -0.39 is 0 Å². The zero-order valence-corrected chi connectivity index (χ0v) is 14.1. The summed E-state index contributed by atoms with van der Waals surface area (Å²) in [6.07, 6.45) is 1.84. The molecule has 126 valence electrons. The van der Waals surface area contributed by atoms with E-state index in [1.54, 1.807) is 12.0 Å². The first-order valence-electron chi connectivity index (χ1n) is 8.01. The second-order valence-electron chi connectivity index (χ2n) is 5.27. The van der Waals surface area contributed by atoms with Gasteiger partial charge in [-0.3, -0.25) is 4.79 Å². The van der Waals surface area contributed by atoms with E-state index in [4.69, 9.17) is 4.74 Å². The Labute approximate surface area is 143 Å². The average molecular weight is 325 g/mol. The normalized spacial score (nSPS) is 11.2. The molecule has 0 radical (unpaired) electrons. The molecule has 1 amide bonds. The zero-order chi connectivity index (χ0) is 17.4. The highest BCUT2D eigenvalue weighted by atomic mass is 16.5. The van der Waals surface area contributed by atoms with Gasteiger partial charge in [-0.15, -0.1) is 0 Å². The van der Waals surface area contributed by atoms with Gasteiger partial charge in [0, 0.05) is 24.2 Å². The first kappa shape index (κ1) is 17.8. The van der Waals surface area contributed by atoms with Crippen molar-refractivity contribution in [1.29, 1.82) is 0 Å². The average Bonchev–Trinajstić information content (AvgIpc) is 2.64. The molecule has 0 saturated carbocycles. The van der Waals surface area contributed by atoms with E-state index in [0.717, 1.165) is 11.1 Å². The SMILES string of the molecule is CCN(CCO)C(=O)/C(=C/c1ccccc1OC)c1ccccc1. The van der Waals surface area contributed by atoms with Gasteiger partial charge in [0.15, 0.2) is 0 Å². The quantitative estimate of drug-likeness (QED) is 0.629. The maximum absolute atomic E-state index is 13.0. The van der Waals surface area contributed by atoms with Gasteiger partial charge in [0.05, 0.1) is 13.7 Å². The van der Waals surface area contributed by atoms with Crippen molar-refractivity contribution in [2.45, 2.75) is 6.92 Å². The molecule has 0 aromatic heterocycles. The largest absolute Gasteiger partial charge is 0.496 e. The van der Waals surface area contributed by atoms with E-state index >= 15 is 0 Å². The molecule has 2 rings (SSSR count). The molecule has 0 aliphatic rings. The van der Waals surface area contributed by atoms with Crippen LogP contribution < -0.4 is 4.74 Å². The van der Waals surface area contributed by atoms with Crippen molar-refractivity contribution in [1.82, 2.24) is 4.90 Å². The number of para-hydroxylation sites is 1. The summed E-state index contributed by atoms with van der Waals surface area (Å²) in [4.78, 5) is 14.6. The number of benzene rings is 2. The maximum Gasteiger partial charge on any atom is 0.254 e. The van der Waals surface area contributed by atoms with Crippen LogP contribution in [-0.4, -0.2) is 42.7 Å². The van der Waals surface area contributed by atoms with Gasteiger partial charge in [0.1, 0.15) is 5.75 Å². The zero-order valence-electron chi connectivity index (χ0n) is 14.1. The Hall–Kier alpha value is -2.59. The minimum Gasteiger partial charge on any atom is -0.496 e. The summed E-state index contributed by atoms with van der Waals surface area (Å²) < 4.78 is 5.39. The van der Waals surface area contributed by atoms with Crippen LogP contribution in [0.1, 0.15) is 18.1 Å². The highest BCUT2D eigenvalue weighted by Gasteiger charge is 2.18. The van der Waals surface area contributed by atoms with E-state index in [9.17, 15) is 9.90 Å². The molecule has 2 aromatic rings. The summed E-state index contributed by atoms with van der Waals surface area (Å²) in [5.41, 5.74) is 2.26. The van der Waals surface area contributed by atoms with Crippen LogP contribution in [0.25, 0.3) is 11.6 Å². The number of carbonyl (C=O) groups excluding carboxylic acids is 1. The fraction of sp³-hybridized carbons (Fsp3) is 0.250. The molecule has 0 saturated heterocycles. The Morgan fingerprint density at radius 3 is 2.42 bits per heavy atom. The number of ether oxygens (including phenoxy) is 1. The molecule has 0 atom stereocenters. The monoisotopic (exact) mass is 325 g/mol. The fourth-order valence-corrected chi connectivity index (χ4v) is 2.52. The van der Waals surface area contributed by atoms with Crippen molar-refractivity contribution in [2.24, 2.45) is 0 Å². The van der Waals surface area contributed by atoms with Gasteiger partial charge >= 0.3 is 0 Å². The van der Waals surface area contributed by atoms with E-state index in [1.807, 2.05) is 67.6 Å². The van der Waals surface area contributed by atoms with Crippen LogP contribution in [0.2, 0.25) is 0 Å². The molecular weight excluding hydrogens is 302 g/mol. The van der Waals surface area contributed by atoms with E-state index in [2.05, 4.69) is 0 Å². The Morgan fingerprint density at radius 1 is 1.12 bits per heavy atom. The molecule has 24 heavy (non-hydrogen) atoms. The van der Waals surface area contributed by atoms with Gasteiger partial charge in [-0.2, -0.15) is 0 Å². The van der Waals surface area contributed by atoms with Crippen LogP contribution in [0, 0.1) is 0 Å². The van der Waals surface area contributed by atoms with Crippen molar-refractivity contribution in [3.05, 3.63) is 65.7 Å². The van der Waals surface area contributed by atoms with E-state index in [-0.39, 0.29) is 12.5 Å². The molecule has 0 unspecified atom stereocenters. The van der Waals surface area contributed by atoms with Gasteiger partial charge in [-0.1, -0.05) is 48.5 Å². The van der Waals surface area contributed by atoms with Crippen LogP contribution in [0.15, 0.2) is 54.6 Å². The number of amides is 1. The van der Waals surface area contributed by atoms with Gasteiger partial charge < -0.3 is 14.7 Å². The first-order chi connectivity index (χ1) is 11.7. The van der Waals surface area contributed by atoms with Crippen LogP contribution >= 0.6 is 0 Å². The summed E-state index contributed by atoms with van der Waals surface area (Å²) in [5.74, 6) is 0.604. The van der Waals surface area contributed by atoms with Crippen molar-refractivity contribution in [3.8, 4) is 5.75 Å². The number of aliphatic hydroxyl groups excluding tert-OH is 1. The number of carbonyl (C=O) groups is 1. The number of nitrogens with zero attached hydrogens (tertiary/aromatic N) is 1. The molecule has 2 aromatic carbocycles. The molecule has 4 heteroatoms. The summed E-state index contributed by atoms with van der Waals surface area (Å²) in [7, 11) is 1.61. The Balaban J connectivity index is 2.51. The predicted octanol–water partition coefficient (Wildman–Crippen LogP) is 3.08. The van der Waals surface area contributed by atoms with Crippen molar-refractivity contribution in [2.75, 3.05) is 26.8 Å². The topological polar surface area (TPSA) is 49.8 Å². The molecule has 0 bridgehead atoms. The standard InChI is InChI=1S/C20H23NO3/c1-3-21(13-14-22)20(23)18(16-9-5-4-6-10-16)15-17-11-7-8-12-19(17)24-2/h4-12,15,22H,3,13-14H2,1-2H3/b18-15+. The number of methoxy groups -OCH3 is 1. The second-order valence-corrected chi connectivity index (χ2v) is 5.27. The Bertz CT molecular complexity index is 695. The molecule has 0 heterocycles. The van der Waals surface area contributed by atoms with Gasteiger partial charge in [0.25, 0.3) is 5.91 Å². The lowest BCUT2D eigenvalue weighted by Gasteiger charge is -2.22. The van der Waals surface area contributed by atoms with Crippen LogP contribution in [0.5, 0.6) is 5.75 Å². The van der Waals surface area contributed by atoms with Crippen molar-refractivity contribution < 1.29 is 14.6 Å². The highest BCUT2D eigenvalue weighted by molar-refractivity contribution is 6.24. The Morgan fingerprint density at radius 2 is 1.79 bits per heavy atom. The smallest absolute Gasteiger partial charge is 0.254 e. The molecule has 0 spiro atoms. The maximum atomic E-state index is 13.0. The molecule has 4 nitrogen and oxygen atoms in total. The third-order valence-electron chi connectivity index (χ3n) is 3.79. The fourth-order valence-electron chi connectivity index (χ4n) is 2.52. The highest BCUT2D eigenvalue weighted by Crippen LogP contribution is 2.26. The van der Waals surface area contributed by atoms with Crippen LogP contribution in [0.4, 0.5) is 0 Å². The number of rotatable bonds is 7. The van der Waals surface area contributed by atoms with Gasteiger partial charge in [0.2, 0.25) is 0 Å².